The molecule has 9 aromatic rings. The first-order chi connectivity index (χ1) is 58.3. The Morgan fingerprint density at radius 1 is 0.405 bits per heavy atom. The number of rotatable bonds is 36. The average molecular weight is 1820 g/mol. The summed E-state index contributed by atoms with van der Waals surface area (Å²) in [5.74, 6) is 16.2. The van der Waals surface area contributed by atoms with Gasteiger partial charge < -0.3 is 90.7 Å². The molecule has 34 nitrogen and oxygen atoms in total. The van der Waals surface area contributed by atoms with Crippen LogP contribution in [0.1, 0.15) is 135 Å². The van der Waals surface area contributed by atoms with E-state index in [0.29, 0.717) is 66.4 Å². The molecule has 8 heterocycles. The van der Waals surface area contributed by atoms with E-state index in [1.54, 1.807) is 0 Å². The fourth-order valence-corrected chi connectivity index (χ4v) is 15.4. The molecule has 8 aromatic heterocycles. The van der Waals surface area contributed by atoms with Crippen molar-refractivity contribution in [2.75, 3.05) is 59.2 Å². The molecule has 0 amide bonds. The molecule has 0 bridgehead atoms. The van der Waals surface area contributed by atoms with Crippen molar-refractivity contribution < 1.29 is 46.0 Å². The minimum atomic E-state index is -0.365. The molecule has 42 heteroatoms. The molecule has 1 aromatic carbocycles. The molecule has 121 heavy (non-hydrogen) atoms. The van der Waals surface area contributed by atoms with Gasteiger partial charge in [-0.05, 0) is 69.3 Å². The van der Waals surface area contributed by atoms with Crippen molar-refractivity contribution in [2.24, 2.45) is 5.92 Å². The minimum absolute atomic E-state index is 0.204. The zero-order valence-electron chi connectivity index (χ0n) is 66.5. The number of terminal acetylenes is 2. The topological polar surface area (TPSA) is 552 Å². The second kappa shape index (κ2) is 65.2. The van der Waals surface area contributed by atoms with Crippen LogP contribution in [-0.4, -0.2) is 185 Å². The van der Waals surface area contributed by atoms with Gasteiger partial charge >= 0.3 is 0 Å². The zero-order chi connectivity index (χ0) is 88.6. The van der Waals surface area contributed by atoms with E-state index in [1.807, 2.05) is 25.1 Å². The van der Waals surface area contributed by atoms with Gasteiger partial charge in [-0.2, -0.15) is 39.9 Å². The lowest BCUT2D eigenvalue weighted by atomic mass is 9.87. The van der Waals surface area contributed by atoms with Crippen LogP contribution in [0.3, 0.4) is 0 Å². The van der Waals surface area contributed by atoms with Crippen LogP contribution < -0.4 is 44.5 Å². The molecule has 650 valence electrons. The largest absolute Gasteiger partial charge is 0.493 e. The number of hydrogen-bond acceptors (Lipinski definition) is 33. The molecule has 0 atom stereocenters. The fraction of sp³-hybridized carbons (Fsp3) is 0.405. The lowest BCUT2D eigenvalue weighted by molar-refractivity contribution is 0.282. The molecule has 17 N–H and O–H groups in total. The van der Waals surface area contributed by atoms with Crippen LogP contribution >= 0.6 is 94.1 Å². The van der Waals surface area contributed by atoms with Crippen molar-refractivity contribution in [2.45, 2.75) is 177 Å². The Balaban J connectivity index is 0.000000358. The van der Waals surface area contributed by atoms with Gasteiger partial charge in [0.1, 0.15) is 0 Å². The second-order valence-corrected chi connectivity index (χ2v) is 33.0. The number of nitrogens with zero attached hydrogens (tertiary/aromatic N) is 9. The number of aryl methyl sites for hydroxylation is 1. The Kier molecular flexibility index (Phi) is 56.3. The number of aliphatic hydroxyl groups excluding tert-OH is 1. The summed E-state index contributed by atoms with van der Waals surface area (Å²) in [7, 11) is 0. The number of aromatic hydroxyl groups is 8. The smallest absolute Gasteiger partial charge is 0.255 e. The maximum Gasteiger partial charge on any atom is 0.255 e. The zero-order valence-corrected chi connectivity index (χ0v) is 73.0. The molecule has 0 radical (unpaired) electrons. The van der Waals surface area contributed by atoms with Crippen LogP contribution in [-0.2, 0) is 6.42 Å². The number of hydrogen-bond donors (Lipinski definition) is 17. The Labute approximate surface area is 731 Å². The molecule has 1 fully saturated rings. The number of aromatic amines is 8. The first-order valence-corrected chi connectivity index (χ1v) is 45.6. The summed E-state index contributed by atoms with van der Waals surface area (Å²) < 4.78 is 0. The van der Waals surface area contributed by atoms with Gasteiger partial charge in [-0.3, -0.25) is 38.4 Å². The molecule has 0 saturated heterocycles. The van der Waals surface area contributed by atoms with Crippen molar-refractivity contribution in [1.82, 2.24) is 79.7 Å². The summed E-state index contributed by atoms with van der Waals surface area (Å²) in [6, 6.07) is 18.5. The first kappa shape index (κ1) is 105. The first-order valence-electron chi connectivity index (χ1n) is 37.7. The third kappa shape index (κ3) is 54.3. The van der Waals surface area contributed by atoms with Crippen molar-refractivity contribution in [3.05, 3.63) is 191 Å². The maximum atomic E-state index is 11.1. The number of aromatic nitrogens is 16. The standard InChI is InChI=1S/C12H20N2O3S.C12H12N2O2S.C10H14N2O2S.C10H12N2O2S.C9H11N3O2S.C9H12N2O2S.C9H10N2O2S.C8H8N2O2S/c15-7-5-3-1-2-4-6-8-18-12-13-10(16)9-11(17)14-12;15-10-8-11(16)14-12(13-10)17-7-6-9-4-2-1-3-5-9;2*1-2-3-4-5-6-15-10-11-8(13)7-9(14)12-10;1-10-4-2-3-5-15-9-11-7(13)6-8(14)12-9;12-7-4-8(13)11-9(10-7)14-5-6-2-1-3-6;1-2-3-4-5-14-9-10-7(12)6-8(13)11-9;1-2-3-4-13-8-9-6(11)5-7(12)10-8/h9,15H,1-8H2,(H2,13,14,16,17);1-5,8H,6-7H2,(H2,13,14,15,16);3-4,7H,2,5-6H2,1H3,(H2,11,12,13,14);7H,2,5-6H2,1H3,(H2,11,12,13,14);6H,2-5H2,(H2,11,12,13,14);4,6H,1-3,5H2,(H2,10,11,12,13);1,6H,3-5H2,(H2,10,11,12,13);1,5H,3-4H2,(H2,9,10,11,12)/b;;4-3-;;;;;. The van der Waals surface area contributed by atoms with Crippen molar-refractivity contribution in [1.29, 1.82) is 0 Å². The Morgan fingerprint density at radius 3 is 1.07 bits per heavy atom. The fourth-order valence-electron chi connectivity index (χ4n) is 8.72. The highest BCUT2D eigenvalue weighted by molar-refractivity contribution is 8.00. The van der Waals surface area contributed by atoms with Crippen LogP contribution in [0.4, 0.5) is 0 Å². The summed E-state index contributed by atoms with van der Waals surface area (Å²) >= 11 is 11.2. The van der Waals surface area contributed by atoms with E-state index in [-0.39, 0.29) is 98.1 Å². The molecule has 1 aliphatic carbocycles. The van der Waals surface area contributed by atoms with Gasteiger partial charge in [0.15, 0.2) is 41.3 Å². The molecule has 10 rings (SSSR count). The Bertz CT molecular complexity index is 5230. The molecule has 1 saturated carbocycles. The number of aliphatic hydroxyl groups is 1. The van der Waals surface area contributed by atoms with Gasteiger partial charge in [0, 0.05) is 84.7 Å². The number of unbranched alkanes of at least 4 members (excludes halogenated alkanes) is 7. The lowest BCUT2D eigenvalue weighted by Gasteiger charge is -2.24. The van der Waals surface area contributed by atoms with E-state index < -0.39 is 0 Å². The molecule has 0 aliphatic heterocycles. The van der Waals surface area contributed by atoms with Gasteiger partial charge in [-0.25, -0.2) is 6.57 Å². The number of allylic oxidation sites excluding steroid dienone is 2. The van der Waals surface area contributed by atoms with E-state index >= 15 is 0 Å². The van der Waals surface area contributed by atoms with Crippen LogP contribution in [0.5, 0.6) is 47.0 Å². The second-order valence-electron chi connectivity index (χ2n) is 24.4. The molecular weight excluding hydrogens is 1720 g/mol. The van der Waals surface area contributed by atoms with E-state index in [1.165, 1.54) is 125 Å². The summed E-state index contributed by atoms with van der Waals surface area (Å²) in [4.78, 5) is 141. The van der Waals surface area contributed by atoms with Crippen molar-refractivity contribution >= 4 is 94.1 Å². The monoisotopic (exact) mass is 1810 g/mol. The van der Waals surface area contributed by atoms with Gasteiger partial charge in [-0.1, -0.05) is 183 Å². The van der Waals surface area contributed by atoms with Crippen molar-refractivity contribution in [3.8, 4) is 83.6 Å². The van der Waals surface area contributed by atoms with Crippen LogP contribution in [0.2, 0.25) is 0 Å². The van der Waals surface area contributed by atoms with E-state index in [4.69, 9.17) is 65.4 Å². The molecule has 0 spiro atoms. The molecule has 1 aliphatic rings. The summed E-state index contributed by atoms with van der Waals surface area (Å²) in [6.07, 6.45) is 33.1. The average Bonchev–Trinajstić information content (AvgIpc) is 0.893. The van der Waals surface area contributed by atoms with Gasteiger partial charge in [0.2, 0.25) is 53.6 Å². The number of H-pyrrole nitrogens is 8. The predicted molar refractivity (Wildman–Crippen MR) is 479 cm³/mol. The van der Waals surface area contributed by atoms with Crippen molar-refractivity contribution in [3.63, 3.8) is 0 Å². The van der Waals surface area contributed by atoms with Crippen LogP contribution in [0, 0.1) is 49.0 Å². The summed E-state index contributed by atoms with van der Waals surface area (Å²) in [6.45, 7) is 11.5. The molecular formula is C79H99N17O17S8. The number of nitrogens with one attached hydrogen (secondary N) is 8. The number of thioether (sulfide) groups is 8. The third-order valence-corrected chi connectivity index (χ3v) is 21.9. The van der Waals surface area contributed by atoms with Crippen LogP contribution in [0.25, 0.3) is 4.85 Å². The van der Waals surface area contributed by atoms with E-state index in [0.717, 1.165) is 178 Å². The lowest BCUT2D eigenvalue weighted by Crippen LogP contribution is -2.14. The highest BCUT2D eigenvalue weighted by Crippen LogP contribution is 2.31. The minimum Gasteiger partial charge on any atom is -0.493 e. The van der Waals surface area contributed by atoms with Gasteiger partial charge in [0.05, 0.1) is 48.5 Å². The van der Waals surface area contributed by atoms with E-state index in [2.05, 4.69) is 139 Å². The SMILES string of the molecule is C#CCCCSc1nc(O)cc(=O)[nH]1.C#CCCSc1nc(O)cc(=O)[nH]1.CC/C=C\CCSc1nc(O)cc(=O)[nH]1.CCC#CCCSc1nc(O)cc(=O)[nH]1.O=c1cc(O)nc(SCC2CCC2)[nH]1.O=c1cc(O)nc(SCCCCCCCCO)[nH]1.O=c1cc(O)nc(SCCc2ccccc2)[nH]1.[C-]#[N+]CCCCSc1nc(O)cc(=O)[nH]1. The highest BCUT2D eigenvalue weighted by atomic mass is 32.2. The Morgan fingerprint density at radius 2 is 0.736 bits per heavy atom. The third-order valence-electron chi connectivity index (χ3n) is 14.4. The number of benzene rings is 1. The van der Waals surface area contributed by atoms with Gasteiger partial charge in [0.25, 0.3) is 44.5 Å². The molecule has 0 unspecified atom stereocenters. The maximum absolute atomic E-state index is 11.1. The highest BCUT2D eigenvalue weighted by Gasteiger charge is 2.18. The normalized spacial score (nSPS) is 10.8. The quantitative estimate of drug-likeness (QED) is 0.00433. The Hall–Kier alpha value is -10.7. The van der Waals surface area contributed by atoms with Crippen LogP contribution in [0.15, 0.2) is 171 Å². The summed E-state index contributed by atoms with van der Waals surface area (Å²) in [5, 5.41) is 84.8. The predicted octanol–water partition coefficient (Wildman–Crippen LogP) is 11.2. The van der Waals surface area contributed by atoms with Gasteiger partial charge in [-0.15, -0.1) is 36.5 Å². The summed E-state index contributed by atoms with van der Waals surface area (Å²) in [5.41, 5.74) is -1.46. The van der Waals surface area contributed by atoms with E-state index in [9.17, 15) is 38.4 Å².